The van der Waals surface area contributed by atoms with Crippen LogP contribution in [0.4, 0.5) is 10.5 Å². The molecule has 0 aliphatic carbocycles. The number of nitrogens with zero attached hydrogens (tertiary/aromatic N) is 1. The summed E-state index contributed by atoms with van der Waals surface area (Å²) in [5, 5.41) is 2.15. The van der Waals surface area contributed by atoms with Crippen LogP contribution in [-0.2, 0) is 4.74 Å². The predicted molar refractivity (Wildman–Crippen MR) is 64.8 cm³/mol. The molecule has 2 rings (SSSR count). The summed E-state index contributed by atoms with van der Waals surface area (Å²) < 4.78 is 4.70. The number of methoxy groups -OCH3 is 1. The van der Waals surface area contributed by atoms with Gasteiger partial charge in [0.25, 0.3) is 0 Å². The summed E-state index contributed by atoms with van der Waals surface area (Å²) >= 11 is 0. The summed E-state index contributed by atoms with van der Waals surface area (Å²) in [6, 6.07) is 13.8. The number of carbonyl (C=O) groups is 1. The highest BCUT2D eigenvalue weighted by Crippen LogP contribution is 2.25. The third kappa shape index (κ3) is 1.72. The Morgan fingerprint density at radius 1 is 1.12 bits per heavy atom. The van der Waals surface area contributed by atoms with Crippen LogP contribution in [0.25, 0.3) is 10.8 Å². The summed E-state index contributed by atoms with van der Waals surface area (Å²) in [7, 11) is 3.08. The van der Waals surface area contributed by atoms with Crippen molar-refractivity contribution in [3.8, 4) is 0 Å². The summed E-state index contributed by atoms with van der Waals surface area (Å²) in [5.74, 6) is 0. The second kappa shape index (κ2) is 4.23. The van der Waals surface area contributed by atoms with Crippen LogP contribution in [0.1, 0.15) is 0 Å². The van der Waals surface area contributed by atoms with E-state index in [0.717, 1.165) is 16.5 Å². The number of benzene rings is 2. The van der Waals surface area contributed by atoms with E-state index in [0.29, 0.717) is 0 Å². The number of hydrogen-bond donors (Lipinski definition) is 0. The Bertz CT molecular complexity index is 517. The van der Waals surface area contributed by atoms with Gasteiger partial charge in [-0.1, -0.05) is 36.4 Å². The molecule has 0 atom stereocenters. The Balaban J connectivity index is 2.56. The maximum Gasteiger partial charge on any atom is 0.413 e. The minimum Gasteiger partial charge on any atom is -0.452 e. The van der Waals surface area contributed by atoms with Crippen molar-refractivity contribution in [1.29, 1.82) is 0 Å². The molecule has 3 nitrogen and oxygen atoms in total. The van der Waals surface area contributed by atoms with E-state index in [1.165, 1.54) is 12.0 Å². The zero-order chi connectivity index (χ0) is 11.5. The Labute approximate surface area is 94.2 Å². The molecule has 0 N–H and O–H groups in total. The SMILES string of the molecule is COC(=O)N(C)c1cccc2ccccc12. The Morgan fingerprint density at radius 2 is 1.81 bits per heavy atom. The highest BCUT2D eigenvalue weighted by Gasteiger charge is 2.12. The first-order chi connectivity index (χ1) is 7.74. The molecule has 0 saturated heterocycles. The third-order valence-corrected chi connectivity index (χ3v) is 2.58. The fourth-order valence-corrected chi connectivity index (χ4v) is 1.74. The van der Waals surface area contributed by atoms with Gasteiger partial charge in [0.1, 0.15) is 0 Å². The summed E-state index contributed by atoms with van der Waals surface area (Å²) in [4.78, 5) is 13.0. The molecule has 0 aliphatic rings. The molecule has 0 aromatic heterocycles. The number of fused-ring (bicyclic) bond motifs is 1. The normalized spacial score (nSPS) is 10.1. The molecule has 3 heteroatoms. The molecule has 16 heavy (non-hydrogen) atoms. The maximum atomic E-state index is 11.5. The van der Waals surface area contributed by atoms with Gasteiger partial charge in [0.05, 0.1) is 12.8 Å². The third-order valence-electron chi connectivity index (χ3n) is 2.58. The van der Waals surface area contributed by atoms with Crippen molar-refractivity contribution in [3.63, 3.8) is 0 Å². The van der Waals surface area contributed by atoms with Crippen LogP contribution in [0.5, 0.6) is 0 Å². The van der Waals surface area contributed by atoms with Gasteiger partial charge in [0.15, 0.2) is 0 Å². The van der Waals surface area contributed by atoms with Gasteiger partial charge >= 0.3 is 6.09 Å². The Kier molecular flexibility index (Phi) is 2.77. The quantitative estimate of drug-likeness (QED) is 0.731. The average Bonchev–Trinajstić information content (AvgIpc) is 2.36. The Hall–Kier alpha value is -2.03. The average molecular weight is 215 g/mol. The highest BCUT2D eigenvalue weighted by atomic mass is 16.5. The topological polar surface area (TPSA) is 29.5 Å². The van der Waals surface area contributed by atoms with E-state index < -0.39 is 0 Å². The minimum absolute atomic E-state index is 0.364. The lowest BCUT2D eigenvalue weighted by Crippen LogP contribution is -2.25. The number of rotatable bonds is 1. The zero-order valence-corrected chi connectivity index (χ0v) is 9.31. The number of ether oxygens (including phenoxy) is 1. The highest BCUT2D eigenvalue weighted by molar-refractivity contribution is 6.01. The standard InChI is InChI=1S/C13H13NO2/c1-14(13(15)16-2)12-9-5-7-10-6-3-4-8-11(10)12/h3-9H,1-2H3. The fraction of sp³-hybridized carbons (Fsp3) is 0.154. The van der Waals surface area contributed by atoms with Gasteiger partial charge in [0.2, 0.25) is 0 Å². The summed E-state index contributed by atoms with van der Waals surface area (Å²) in [6.45, 7) is 0. The van der Waals surface area contributed by atoms with Gasteiger partial charge in [-0.2, -0.15) is 0 Å². The molecule has 0 heterocycles. The molecule has 82 valence electrons. The van der Waals surface area contributed by atoms with Gasteiger partial charge in [-0.15, -0.1) is 0 Å². The van der Waals surface area contributed by atoms with Crippen LogP contribution in [-0.4, -0.2) is 20.3 Å². The number of amides is 1. The first kappa shape index (κ1) is 10.5. The molecule has 2 aromatic carbocycles. The lowest BCUT2D eigenvalue weighted by molar-refractivity contribution is 0.180. The monoisotopic (exact) mass is 215 g/mol. The second-order valence-corrected chi connectivity index (χ2v) is 3.53. The molecule has 0 saturated carbocycles. The molecule has 0 radical (unpaired) electrons. The fourth-order valence-electron chi connectivity index (χ4n) is 1.74. The molecular formula is C13H13NO2. The van der Waals surface area contributed by atoms with E-state index in [4.69, 9.17) is 4.74 Å². The van der Waals surface area contributed by atoms with Crippen LogP contribution in [0.3, 0.4) is 0 Å². The van der Waals surface area contributed by atoms with E-state index >= 15 is 0 Å². The molecule has 0 fully saturated rings. The van der Waals surface area contributed by atoms with Crippen molar-refractivity contribution in [2.75, 3.05) is 19.1 Å². The smallest absolute Gasteiger partial charge is 0.413 e. The van der Waals surface area contributed by atoms with E-state index in [1.807, 2.05) is 42.5 Å². The zero-order valence-electron chi connectivity index (χ0n) is 9.31. The van der Waals surface area contributed by atoms with Crippen LogP contribution >= 0.6 is 0 Å². The predicted octanol–water partition coefficient (Wildman–Crippen LogP) is 3.04. The van der Waals surface area contributed by atoms with Gasteiger partial charge in [-0.3, -0.25) is 4.90 Å². The number of hydrogen-bond acceptors (Lipinski definition) is 2. The number of carbonyl (C=O) groups excluding carboxylic acids is 1. The van der Waals surface area contributed by atoms with Gasteiger partial charge in [-0.25, -0.2) is 4.79 Å². The summed E-state index contributed by atoms with van der Waals surface area (Å²) in [6.07, 6.45) is -0.364. The minimum atomic E-state index is -0.364. The van der Waals surface area contributed by atoms with E-state index in [9.17, 15) is 4.79 Å². The van der Waals surface area contributed by atoms with E-state index in [1.54, 1.807) is 7.05 Å². The lowest BCUT2D eigenvalue weighted by Gasteiger charge is -2.17. The molecule has 0 aliphatic heterocycles. The van der Waals surface area contributed by atoms with E-state index in [2.05, 4.69) is 0 Å². The first-order valence-corrected chi connectivity index (χ1v) is 5.03. The molecule has 0 bridgehead atoms. The molecular weight excluding hydrogens is 202 g/mol. The molecule has 0 spiro atoms. The largest absolute Gasteiger partial charge is 0.452 e. The molecule has 1 amide bonds. The van der Waals surface area contributed by atoms with Crippen molar-refractivity contribution in [1.82, 2.24) is 0 Å². The van der Waals surface area contributed by atoms with Crippen molar-refractivity contribution in [2.45, 2.75) is 0 Å². The first-order valence-electron chi connectivity index (χ1n) is 5.03. The Morgan fingerprint density at radius 3 is 2.56 bits per heavy atom. The van der Waals surface area contributed by atoms with Crippen LogP contribution in [0, 0.1) is 0 Å². The molecule has 2 aromatic rings. The van der Waals surface area contributed by atoms with Crippen molar-refractivity contribution in [2.24, 2.45) is 0 Å². The van der Waals surface area contributed by atoms with Crippen LogP contribution in [0.2, 0.25) is 0 Å². The van der Waals surface area contributed by atoms with Crippen LogP contribution in [0.15, 0.2) is 42.5 Å². The van der Waals surface area contributed by atoms with Gasteiger partial charge in [0, 0.05) is 12.4 Å². The number of anilines is 1. The van der Waals surface area contributed by atoms with Crippen molar-refractivity contribution in [3.05, 3.63) is 42.5 Å². The second-order valence-electron chi connectivity index (χ2n) is 3.53. The van der Waals surface area contributed by atoms with Crippen molar-refractivity contribution < 1.29 is 9.53 Å². The van der Waals surface area contributed by atoms with Gasteiger partial charge < -0.3 is 4.74 Å². The maximum absolute atomic E-state index is 11.5. The summed E-state index contributed by atoms with van der Waals surface area (Å²) in [5.41, 5.74) is 0.852. The van der Waals surface area contributed by atoms with Gasteiger partial charge in [-0.05, 0) is 11.5 Å². The lowest BCUT2D eigenvalue weighted by atomic mass is 10.1. The van der Waals surface area contributed by atoms with E-state index in [-0.39, 0.29) is 6.09 Å². The van der Waals surface area contributed by atoms with Crippen molar-refractivity contribution >= 4 is 22.6 Å². The molecule has 0 unspecified atom stereocenters. The van der Waals surface area contributed by atoms with Crippen LogP contribution < -0.4 is 4.90 Å².